The van der Waals surface area contributed by atoms with Gasteiger partial charge >= 0.3 is 0 Å². The maximum atomic E-state index is 12.1. The second-order valence-corrected chi connectivity index (χ2v) is 4.51. The predicted molar refractivity (Wildman–Crippen MR) is 77.0 cm³/mol. The quantitative estimate of drug-likeness (QED) is 0.785. The van der Waals surface area contributed by atoms with Crippen LogP contribution in [0.25, 0.3) is 11.0 Å². The van der Waals surface area contributed by atoms with Gasteiger partial charge in [0.1, 0.15) is 0 Å². The zero-order chi connectivity index (χ0) is 14.7. The zero-order valence-corrected chi connectivity index (χ0v) is 11.2. The Morgan fingerprint density at radius 2 is 2.05 bits per heavy atom. The summed E-state index contributed by atoms with van der Waals surface area (Å²) in [7, 11) is 0. The lowest BCUT2D eigenvalue weighted by Crippen LogP contribution is -2.30. The number of carbonyl (C=O) groups is 1. The molecule has 3 aromatic heterocycles. The van der Waals surface area contributed by atoms with Gasteiger partial charge in [0.15, 0.2) is 5.58 Å². The van der Waals surface area contributed by atoms with Crippen molar-refractivity contribution in [3.05, 3.63) is 65.0 Å². The van der Waals surface area contributed by atoms with E-state index in [1.807, 2.05) is 6.07 Å². The molecule has 3 rings (SSSR count). The molecular weight excluding hydrogens is 270 g/mol. The molecule has 0 aliphatic carbocycles. The van der Waals surface area contributed by atoms with Crippen molar-refractivity contribution in [2.45, 2.75) is 6.54 Å². The van der Waals surface area contributed by atoms with Crippen LogP contribution in [-0.2, 0) is 6.54 Å². The molecule has 0 aromatic carbocycles. The highest BCUT2D eigenvalue weighted by atomic mass is 16.3. The number of amides is 1. The normalized spacial score (nSPS) is 10.7. The Hall–Kier alpha value is -2.89. The molecule has 0 fully saturated rings. The number of nitrogens with one attached hydrogen (secondary N) is 1. The van der Waals surface area contributed by atoms with Crippen molar-refractivity contribution in [1.82, 2.24) is 14.9 Å². The van der Waals surface area contributed by atoms with E-state index in [4.69, 9.17) is 4.42 Å². The zero-order valence-electron chi connectivity index (χ0n) is 11.2. The van der Waals surface area contributed by atoms with E-state index in [9.17, 15) is 9.59 Å². The molecule has 6 nitrogen and oxygen atoms in total. The second-order valence-electron chi connectivity index (χ2n) is 4.51. The number of rotatable bonds is 4. The number of hydrogen-bond acceptors (Lipinski definition) is 4. The van der Waals surface area contributed by atoms with Gasteiger partial charge in [-0.15, -0.1) is 0 Å². The number of carbonyl (C=O) groups excluding carboxylic acids is 1. The van der Waals surface area contributed by atoms with Gasteiger partial charge in [-0.1, -0.05) is 0 Å². The van der Waals surface area contributed by atoms with Crippen molar-refractivity contribution in [2.75, 3.05) is 6.54 Å². The summed E-state index contributed by atoms with van der Waals surface area (Å²) in [6.45, 7) is 0.736. The molecule has 0 aliphatic rings. The van der Waals surface area contributed by atoms with Crippen LogP contribution in [0.3, 0.4) is 0 Å². The summed E-state index contributed by atoms with van der Waals surface area (Å²) < 4.78 is 6.67. The van der Waals surface area contributed by atoms with E-state index in [-0.39, 0.29) is 11.5 Å². The van der Waals surface area contributed by atoms with Gasteiger partial charge in [0.2, 0.25) is 0 Å². The summed E-state index contributed by atoms with van der Waals surface area (Å²) >= 11 is 0. The largest absolute Gasteiger partial charge is 0.459 e. The van der Waals surface area contributed by atoms with Crippen molar-refractivity contribution < 1.29 is 9.21 Å². The fraction of sp³-hybridized carbons (Fsp3) is 0.133. The lowest BCUT2D eigenvalue weighted by atomic mass is 10.2. The van der Waals surface area contributed by atoms with Crippen molar-refractivity contribution in [3.8, 4) is 0 Å². The minimum Gasteiger partial charge on any atom is -0.459 e. The highest BCUT2D eigenvalue weighted by Crippen LogP contribution is 2.09. The van der Waals surface area contributed by atoms with E-state index >= 15 is 0 Å². The highest BCUT2D eigenvalue weighted by Gasteiger charge is 2.07. The van der Waals surface area contributed by atoms with Gasteiger partial charge in [0.05, 0.1) is 6.26 Å². The molecule has 0 radical (unpaired) electrons. The van der Waals surface area contributed by atoms with Crippen LogP contribution >= 0.6 is 0 Å². The number of nitrogens with zero attached hydrogens (tertiary/aromatic N) is 2. The van der Waals surface area contributed by atoms with Gasteiger partial charge in [-0.05, 0) is 24.3 Å². The van der Waals surface area contributed by atoms with Crippen LogP contribution in [0.1, 0.15) is 10.4 Å². The van der Waals surface area contributed by atoms with Gasteiger partial charge in [0, 0.05) is 42.6 Å². The van der Waals surface area contributed by atoms with Crippen LogP contribution in [0.5, 0.6) is 0 Å². The summed E-state index contributed by atoms with van der Waals surface area (Å²) in [4.78, 5) is 27.8. The maximum Gasteiger partial charge on any atom is 0.294 e. The average molecular weight is 283 g/mol. The molecule has 3 aromatic rings. The molecule has 3 heterocycles. The van der Waals surface area contributed by atoms with Crippen molar-refractivity contribution >= 4 is 16.9 Å². The molecule has 106 valence electrons. The van der Waals surface area contributed by atoms with E-state index in [1.54, 1.807) is 36.8 Å². The van der Waals surface area contributed by atoms with Crippen LogP contribution in [0.4, 0.5) is 0 Å². The molecule has 6 heteroatoms. The first kappa shape index (κ1) is 13.1. The Kier molecular flexibility index (Phi) is 3.51. The summed E-state index contributed by atoms with van der Waals surface area (Å²) in [5, 5.41) is 3.53. The Morgan fingerprint density at radius 1 is 1.24 bits per heavy atom. The Balaban J connectivity index is 1.66. The van der Waals surface area contributed by atoms with Gasteiger partial charge in [0.25, 0.3) is 11.5 Å². The molecule has 1 N–H and O–H groups in total. The molecule has 21 heavy (non-hydrogen) atoms. The lowest BCUT2D eigenvalue weighted by Gasteiger charge is -2.07. The molecule has 0 unspecified atom stereocenters. The van der Waals surface area contributed by atoms with Crippen LogP contribution in [0.2, 0.25) is 0 Å². The fourth-order valence-electron chi connectivity index (χ4n) is 2.06. The lowest BCUT2D eigenvalue weighted by molar-refractivity contribution is 0.0952. The van der Waals surface area contributed by atoms with Gasteiger partial charge in [-0.3, -0.25) is 14.6 Å². The molecule has 0 spiro atoms. The third-order valence-electron chi connectivity index (χ3n) is 3.17. The summed E-state index contributed by atoms with van der Waals surface area (Å²) in [5.74, 6) is -0.190. The molecule has 0 bridgehead atoms. The third-order valence-corrected chi connectivity index (χ3v) is 3.17. The highest BCUT2D eigenvalue weighted by molar-refractivity contribution is 5.93. The minimum absolute atomic E-state index is 0.190. The van der Waals surface area contributed by atoms with Crippen LogP contribution in [0.15, 0.2) is 58.3 Å². The summed E-state index contributed by atoms with van der Waals surface area (Å²) in [6.07, 6.45) is 6.30. The monoisotopic (exact) mass is 283 g/mol. The molecule has 0 aliphatic heterocycles. The average Bonchev–Trinajstić information content (AvgIpc) is 3.00. The maximum absolute atomic E-state index is 12.1. The number of fused-ring (bicyclic) bond motifs is 1. The van der Waals surface area contributed by atoms with Gasteiger partial charge in [-0.2, -0.15) is 0 Å². The molecule has 1 amide bonds. The summed E-state index contributed by atoms with van der Waals surface area (Å²) in [5.41, 5.74) is 0.674. The van der Waals surface area contributed by atoms with Crippen molar-refractivity contribution in [1.29, 1.82) is 0 Å². The SMILES string of the molecule is O=C(NCCn1ccc2ccoc2c1=O)c1ccncc1. The van der Waals surface area contributed by atoms with Gasteiger partial charge in [-0.25, -0.2) is 0 Å². The Morgan fingerprint density at radius 3 is 2.86 bits per heavy atom. The van der Waals surface area contributed by atoms with Crippen LogP contribution < -0.4 is 10.9 Å². The first-order valence-corrected chi connectivity index (χ1v) is 6.50. The molecule has 0 saturated carbocycles. The van der Waals surface area contributed by atoms with Gasteiger partial charge < -0.3 is 14.3 Å². The second kappa shape index (κ2) is 5.62. The van der Waals surface area contributed by atoms with Crippen molar-refractivity contribution in [3.63, 3.8) is 0 Å². The number of furan rings is 1. The van der Waals surface area contributed by atoms with Crippen LogP contribution in [0, 0.1) is 0 Å². The Bertz CT molecular complexity index is 821. The van der Waals surface area contributed by atoms with E-state index in [0.29, 0.717) is 24.2 Å². The van der Waals surface area contributed by atoms with E-state index in [1.165, 1.54) is 10.8 Å². The smallest absolute Gasteiger partial charge is 0.294 e. The third kappa shape index (κ3) is 2.69. The van der Waals surface area contributed by atoms with E-state index < -0.39 is 0 Å². The van der Waals surface area contributed by atoms with E-state index in [0.717, 1.165) is 5.39 Å². The first-order chi connectivity index (χ1) is 10.3. The van der Waals surface area contributed by atoms with E-state index in [2.05, 4.69) is 10.3 Å². The summed E-state index contributed by atoms with van der Waals surface area (Å²) in [6, 6.07) is 6.82. The minimum atomic E-state index is -0.198. The first-order valence-electron chi connectivity index (χ1n) is 6.50. The van der Waals surface area contributed by atoms with Crippen LogP contribution in [-0.4, -0.2) is 22.0 Å². The number of hydrogen-bond donors (Lipinski definition) is 1. The predicted octanol–water partition coefficient (Wildman–Crippen LogP) is 1.42. The van der Waals surface area contributed by atoms with Crippen molar-refractivity contribution in [2.24, 2.45) is 0 Å². The standard InChI is InChI=1S/C15H13N3O3/c19-14(12-1-5-16-6-2-12)17-7-9-18-8-3-11-4-10-21-13(11)15(18)20/h1-6,8,10H,7,9H2,(H,17,19). The fourth-order valence-corrected chi connectivity index (χ4v) is 2.06. The number of aromatic nitrogens is 2. The topological polar surface area (TPSA) is 77.1 Å². The molecule has 0 atom stereocenters. The molecule has 0 saturated heterocycles. The molecular formula is C15H13N3O3. The Labute approximate surface area is 120 Å². The number of pyridine rings is 2.